The molecule has 2 unspecified atom stereocenters. The molecule has 1 fully saturated rings. The number of hydrogen-bond acceptors (Lipinski definition) is 2. The van der Waals surface area contributed by atoms with Gasteiger partial charge in [-0.1, -0.05) is 37.3 Å². The highest BCUT2D eigenvalue weighted by Crippen LogP contribution is 2.16. The topological polar surface area (TPSA) is 36.9 Å². The fourth-order valence-electron chi connectivity index (χ4n) is 3.07. The quantitative estimate of drug-likeness (QED) is 0.496. The molecule has 1 aromatic rings. The van der Waals surface area contributed by atoms with Crippen LogP contribution in [0.3, 0.4) is 0 Å². The van der Waals surface area contributed by atoms with Gasteiger partial charge in [0.1, 0.15) is 0 Å². The summed E-state index contributed by atoms with van der Waals surface area (Å²) in [5, 5.41) is 3.47. The van der Waals surface area contributed by atoms with Crippen LogP contribution in [0.4, 0.5) is 0 Å². The van der Waals surface area contributed by atoms with Crippen molar-refractivity contribution >= 4 is 5.96 Å². The van der Waals surface area contributed by atoms with Gasteiger partial charge in [-0.2, -0.15) is 0 Å². The van der Waals surface area contributed by atoms with E-state index >= 15 is 0 Å². The molecule has 0 amide bonds. The Morgan fingerprint density at radius 1 is 1.39 bits per heavy atom. The number of guanidine groups is 1. The third-order valence-electron chi connectivity index (χ3n) is 4.41. The van der Waals surface area contributed by atoms with Crippen molar-refractivity contribution in [1.29, 1.82) is 0 Å². The highest BCUT2D eigenvalue weighted by atomic mass is 16.5. The Bertz CT molecular complexity index is 475. The Labute approximate surface area is 140 Å². The predicted octanol–water partition coefficient (Wildman–Crippen LogP) is 3.46. The summed E-state index contributed by atoms with van der Waals surface area (Å²) in [4.78, 5) is 6.79. The van der Waals surface area contributed by atoms with E-state index < -0.39 is 0 Å². The number of likely N-dealkylation sites (tertiary alicyclic amines) is 1. The van der Waals surface area contributed by atoms with Gasteiger partial charge in [-0.15, -0.1) is 0 Å². The van der Waals surface area contributed by atoms with E-state index in [1.54, 1.807) is 0 Å². The van der Waals surface area contributed by atoms with Gasteiger partial charge in [-0.05, 0) is 37.7 Å². The Balaban J connectivity index is 1.64. The molecule has 1 saturated heterocycles. The van der Waals surface area contributed by atoms with Crippen LogP contribution in [-0.4, -0.2) is 44.1 Å². The fourth-order valence-corrected chi connectivity index (χ4v) is 3.07. The minimum Gasteiger partial charge on any atom is -0.374 e. The van der Waals surface area contributed by atoms with Crippen LogP contribution in [0, 0.1) is 5.92 Å². The summed E-state index contributed by atoms with van der Waals surface area (Å²) in [6.07, 6.45) is 3.73. The van der Waals surface area contributed by atoms with Crippen molar-refractivity contribution in [2.45, 2.75) is 39.2 Å². The Kier molecular flexibility index (Phi) is 7.40. The van der Waals surface area contributed by atoms with Gasteiger partial charge in [0.15, 0.2) is 5.96 Å². The third-order valence-corrected chi connectivity index (χ3v) is 4.41. The SMILES string of the molecule is CN=C(NCCCOC(C)c1ccccc1)N1CCCC(C)C1. The van der Waals surface area contributed by atoms with Gasteiger partial charge in [0, 0.05) is 33.3 Å². The molecule has 4 heteroatoms. The van der Waals surface area contributed by atoms with Gasteiger partial charge in [-0.3, -0.25) is 4.99 Å². The molecule has 0 saturated carbocycles. The minimum atomic E-state index is 0.151. The molecular weight excluding hydrogens is 286 g/mol. The predicted molar refractivity (Wildman–Crippen MR) is 96.8 cm³/mol. The van der Waals surface area contributed by atoms with E-state index in [0.29, 0.717) is 0 Å². The van der Waals surface area contributed by atoms with Crippen LogP contribution < -0.4 is 5.32 Å². The summed E-state index contributed by atoms with van der Waals surface area (Å²) >= 11 is 0. The van der Waals surface area contributed by atoms with E-state index in [4.69, 9.17) is 4.74 Å². The van der Waals surface area contributed by atoms with Crippen LogP contribution >= 0.6 is 0 Å². The highest BCUT2D eigenvalue weighted by molar-refractivity contribution is 5.79. The lowest BCUT2D eigenvalue weighted by Gasteiger charge is -2.33. The molecule has 23 heavy (non-hydrogen) atoms. The first kappa shape index (κ1) is 17.8. The number of hydrogen-bond donors (Lipinski definition) is 1. The zero-order valence-electron chi connectivity index (χ0n) is 14.8. The molecular formula is C19H31N3O. The second-order valence-electron chi connectivity index (χ2n) is 6.44. The lowest BCUT2D eigenvalue weighted by Crippen LogP contribution is -2.46. The van der Waals surface area contributed by atoms with E-state index in [-0.39, 0.29) is 6.10 Å². The van der Waals surface area contributed by atoms with E-state index in [9.17, 15) is 0 Å². The van der Waals surface area contributed by atoms with E-state index in [0.717, 1.165) is 44.5 Å². The van der Waals surface area contributed by atoms with Crippen molar-refractivity contribution in [2.24, 2.45) is 10.9 Å². The Morgan fingerprint density at radius 2 is 2.17 bits per heavy atom. The first-order chi connectivity index (χ1) is 11.2. The van der Waals surface area contributed by atoms with Crippen LogP contribution in [-0.2, 0) is 4.74 Å². The first-order valence-electron chi connectivity index (χ1n) is 8.83. The second kappa shape index (κ2) is 9.56. The van der Waals surface area contributed by atoms with Crippen molar-refractivity contribution in [3.63, 3.8) is 0 Å². The summed E-state index contributed by atoms with van der Waals surface area (Å²) < 4.78 is 5.91. The number of piperidine rings is 1. The molecule has 1 aliphatic rings. The maximum absolute atomic E-state index is 5.91. The van der Waals surface area contributed by atoms with Gasteiger partial charge >= 0.3 is 0 Å². The van der Waals surface area contributed by atoms with Crippen LogP contribution in [0.5, 0.6) is 0 Å². The summed E-state index contributed by atoms with van der Waals surface area (Å²) in [5.74, 6) is 1.80. The van der Waals surface area contributed by atoms with E-state index in [2.05, 4.69) is 53.3 Å². The van der Waals surface area contributed by atoms with Crippen LogP contribution in [0.15, 0.2) is 35.3 Å². The van der Waals surface area contributed by atoms with Crippen molar-refractivity contribution in [3.8, 4) is 0 Å². The smallest absolute Gasteiger partial charge is 0.193 e. The number of aliphatic imine (C=N–C) groups is 1. The number of rotatable bonds is 6. The van der Waals surface area contributed by atoms with Gasteiger partial charge in [-0.25, -0.2) is 0 Å². The van der Waals surface area contributed by atoms with Crippen LogP contribution in [0.1, 0.15) is 44.8 Å². The molecule has 0 bridgehead atoms. The zero-order valence-corrected chi connectivity index (χ0v) is 14.8. The molecule has 0 aromatic heterocycles. The molecule has 0 spiro atoms. The maximum Gasteiger partial charge on any atom is 0.193 e. The third kappa shape index (κ3) is 5.87. The molecule has 1 aliphatic heterocycles. The van der Waals surface area contributed by atoms with Crippen molar-refractivity contribution in [3.05, 3.63) is 35.9 Å². The minimum absolute atomic E-state index is 0.151. The molecule has 2 rings (SSSR count). The second-order valence-corrected chi connectivity index (χ2v) is 6.44. The number of nitrogens with zero attached hydrogens (tertiary/aromatic N) is 2. The molecule has 1 heterocycles. The average molecular weight is 317 g/mol. The number of benzene rings is 1. The molecule has 1 N–H and O–H groups in total. The standard InChI is InChI=1S/C19H31N3O/c1-16-9-7-13-22(15-16)19(20-3)21-12-8-14-23-17(2)18-10-5-4-6-11-18/h4-6,10-11,16-17H,7-9,12-15H2,1-3H3,(H,20,21). The van der Waals surface area contributed by atoms with Gasteiger partial charge in [0.05, 0.1) is 6.10 Å². The molecule has 0 aliphatic carbocycles. The monoisotopic (exact) mass is 317 g/mol. The largest absolute Gasteiger partial charge is 0.374 e. The fraction of sp³-hybridized carbons (Fsp3) is 0.632. The van der Waals surface area contributed by atoms with E-state index in [1.807, 2.05) is 13.1 Å². The summed E-state index contributed by atoms with van der Waals surface area (Å²) in [6, 6.07) is 10.4. The average Bonchev–Trinajstić information content (AvgIpc) is 2.58. The summed E-state index contributed by atoms with van der Waals surface area (Å²) in [6.45, 7) is 8.32. The summed E-state index contributed by atoms with van der Waals surface area (Å²) in [7, 11) is 1.87. The lowest BCUT2D eigenvalue weighted by atomic mass is 10.0. The normalized spacial score (nSPS) is 20.4. The number of ether oxygens (including phenoxy) is 1. The Morgan fingerprint density at radius 3 is 2.87 bits per heavy atom. The van der Waals surface area contributed by atoms with Crippen molar-refractivity contribution < 1.29 is 4.74 Å². The molecule has 0 radical (unpaired) electrons. The van der Waals surface area contributed by atoms with Gasteiger partial charge < -0.3 is 15.0 Å². The van der Waals surface area contributed by atoms with Gasteiger partial charge in [0.2, 0.25) is 0 Å². The Hall–Kier alpha value is -1.55. The van der Waals surface area contributed by atoms with Crippen LogP contribution in [0.2, 0.25) is 0 Å². The zero-order chi connectivity index (χ0) is 16.5. The van der Waals surface area contributed by atoms with Crippen LogP contribution in [0.25, 0.3) is 0 Å². The number of nitrogens with one attached hydrogen (secondary N) is 1. The van der Waals surface area contributed by atoms with E-state index in [1.165, 1.54) is 18.4 Å². The summed E-state index contributed by atoms with van der Waals surface area (Å²) in [5.41, 5.74) is 1.23. The molecule has 2 atom stereocenters. The highest BCUT2D eigenvalue weighted by Gasteiger charge is 2.18. The lowest BCUT2D eigenvalue weighted by molar-refractivity contribution is 0.0645. The molecule has 4 nitrogen and oxygen atoms in total. The molecule has 128 valence electrons. The van der Waals surface area contributed by atoms with Crippen molar-refractivity contribution in [1.82, 2.24) is 10.2 Å². The maximum atomic E-state index is 5.91. The molecule has 1 aromatic carbocycles. The van der Waals surface area contributed by atoms with Gasteiger partial charge in [0.25, 0.3) is 0 Å². The first-order valence-corrected chi connectivity index (χ1v) is 8.83. The van der Waals surface area contributed by atoms with Crippen molar-refractivity contribution in [2.75, 3.05) is 33.3 Å².